The molecule has 0 atom stereocenters. The molecule has 0 aromatic heterocycles. The summed E-state index contributed by atoms with van der Waals surface area (Å²) in [6, 6.07) is 0. The van der Waals surface area contributed by atoms with Gasteiger partial charge >= 0.3 is 0 Å². The first-order valence-electron chi connectivity index (χ1n) is 2.56. The molecule has 44 valence electrons. The Morgan fingerprint density at radius 1 is 1.62 bits per heavy atom. The van der Waals surface area contributed by atoms with Crippen molar-refractivity contribution in [2.24, 2.45) is 4.99 Å². The van der Waals surface area contributed by atoms with Gasteiger partial charge < -0.3 is 0 Å². The number of hydrogen-bond donors (Lipinski definition) is 0. The SMILES string of the molecule is C=N/C=C(/C)C=CC. The zero-order valence-corrected chi connectivity index (χ0v) is 5.39. The molecule has 1 heteroatoms. The van der Waals surface area contributed by atoms with E-state index in [1.54, 1.807) is 6.20 Å². The highest BCUT2D eigenvalue weighted by molar-refractivity contribution is 5.28. The van der Waals surface area contributed by atoms with Crippen LogP contribution in [0, 0.1) is 0 Å². The summed E-state index contributed by atoms with van der Waals surface area (Å²) in [6.07, 6.45) is 5.67. The van der Waals surface area contributed by atoms with Crippen LogP contribution >= 0.6 is 0 Å². The number of rotatable bonds is 2. The van der Waals surface area contributed by atoms with Crippen molar-refractivity contribution in [3.8, 4) is 0 Å². The van der Waals surface area contributed by atoms with Crippen molar-refractivity contribution in [2.75, 3.05) is 0 Å². The fourth-order valence-electron chi connectivity index (χ4n) is 0.450. The maximum absolute atomic E-state index is 3.59. The molecule has 0 aromatic carbocycles. The van der Waals surface area contributed by atoms with E-state index in [1.165, 1.54) is 0 Å². The van der Waals surface area contributed by atoms with Crippen LogP contribution in [0.5, 0.6) is 0 Å². The van der Waals surface area contributed by atoms with Crippen LogP contribution in [0.2, 0.25) is 0 Å². The summed E-state index contributed by atoms with van der Waals surface area (Å²) in [5.74, 6) is 0. The van der Waals surface area contributed by atoms with Gasteiger partial charge in [-0.2, -0.15) is 0 Å². The molecular formula is C7H11N. The molecule has 0 rings (SSSR count). The molecule has 0 unspecified atom stereocenters. The van der Waals surface area contributed by atoms with Crippen molar-refractivity contribution in [1.82, 2.24) is 0 Å². The topological polar surface area (TPSA) is 12.4 Å². The summed E-state index contributed by atoms with van der Waals surface area (Å²) in [4.78, 5) is 3.59. The lowest BCUT2D eigenvalue weighted by molar-refractivity contribution is 1.43. The van der Waals surface area contributed by atoms with E-state index in [9.17, 15) is 0 Å². The molecule has 0 N–H and O–H groups in total. The first-order valence-corrected chi connectivity index (χ1v) is 2.56. The van der Waals surface area contributed by atoms with Gasteiger partial charge in [-0.25, -0.2) is 0 Å². The Balaban J connectivity index is 3.79. The Labute approximate surface area is 50.4 Å². The molecule has 0 aliphatic carbocycles. The fraction of sp³-hybridized carbons (Fsp3) is 0.286. The van der Waals surface area contributed by atoms with Gasteiger partial charge in [-0.05, 0) is 26.1 Å². The van der Waals surface area contributed by atoms with Crippen LogP contribution in [-0.4, -0.2) is 6.72 Å². The van der Waals surface area contributed by atoms with Crippen molar-refractivity contribution in [3.05, 3.63) is 23.9 Å². The average Bonchev–Trinajstić information content (AvgIpc) is 1.68. The molecular weight excluding hydrogens is 98.1 g/mol. The largest absolute Gasteiger partial charge is 0.272 e. The molecule has 8 heavy (non-hydrogen) atoms. The van der Waals surface area contributed by atoms with Crippen LogP contribution in [-0.2, 0) is 0 Å². The van der Waals surface area contributed by atoms with Gasteiger partial charge in [0.1, 0.15) is 0 Å². The Kier molecular flexibility index (Phi) is 3.85. The van der Waals surface area contributed by atoms with E-state index in [0.717, 1.165) is 5.57 Å². The van der Waals surface area contributed by atoms with Crippen molar-refractivity contribution in [1.29, 1.82) is 0 Å². The molecule has 0 heterocycles. The molecule has 0 bridgehead atoms. The highest BCUT2D eigenvalue weighted by Crippen LogP contribution is 1.92. The number of aliphatic imine (C=N–C) groups is 1. The third-order valence-electron chi connectivity index (χ3n) is 0.724. The van der Waals surface area contributed by atoms with Crippen LogP contribution in [0.3, 0.4) is 0 Å². The predicted octanol–water partition coefficient (Wildman–Crippen LogP) is 2.17. The first-order chi connectivity index (χ1) is 3.81. The third-order valence-corrected chi connectivity index (χ3v) is 0.724. The summed E-state index contributed by atoms with van der Waals surface area (Å²) < 4.78 is 0. The van der Waals surface area contributed by atoms with E-state index < -0.39 is 0 Å². The Morgan fingerprint density at radius 2 is 2.25 bits per heavy atom. The summed E-state index contributed by atoms with van der Waals surface area (Å²) in [5, 5.41) is 0. The van der Waals surface area contributed by atoms with Crippen molar-refractivity contribution in [3.63, 3.8) is 0 Å². The van der Waals surface area contributed by atoms with Crippen LogP contribution < -0.4 is 0 Å². The van der Waals surface area contributed by atoms with E-state index in [1.807, 2.05) is 26.0 Å². The fourth-order valence-corrected chi connectivity index (χ4v) is 0.450. The molecule has 0 radical (unpaired) electrons. The smallest absolute Gasteiger partial charge is 0.0289 e. The Morgan fingerprint density at radius 3 is 2.62 bits per heavy atom. The molecule has 0 spiro atoms. The molecule has 0 amide bonds. The average molecular weight is 109 g/mol. The summed E-state index contributed by atoms with van der Waals surface area (Å²) in [5.41, 5.74) is 1.13. The van der Waals surface area contributed by atoms with Gasteiger partial charge in [0.05, 0.1) is 0 Å². The zero-order chi connectivity index (χ0) is 6.41. The highest BCUT2D eigenvalue weighted by Gasteiger charge is 1.72. The van der Waals surface area contributed by atoms with E-state index >= 15 is 0 Å². The van der Waals surface area contributed by atoms with Gasteiger partial charge in [-0.15, -0.1) is 0 Å². The Hall–Kier alpha value is -0.850. The standard InChI is InChI=1S/C7H11N/c1-4-5-7(2)6-8-3/h4-6H,3H2,1-2H3/b5-4?,7-6-. The van der Waals surface area contributed by atoms with Gasteiger partial charge in [-0.1, -0.05) is 12.2 Å². The molecule has 0 aliphatic rings. The first kappa shape index (κ1) is 7.15. The second-order valence-electron chi connectivity index (χ2n) is 1.56. The van der Waals surface area contributed by atoms with Crippen LogP contribution in [0.1, 0.15) is 13.8 Å². The lowest BCUT2D eigenvalue weighted by Gasteiger charge is -1.82. The van der Waals surface area contributed by atoms with E-state index in [2.05, 4.69) is 11.7 Å². The van der Waals surface area contributed by atoms with Crippen LogP contribution in [0.25, 0.3) is 0 Å². The van der Waals surface area contributed by atoms with E-state index in [4.69, 9.17) is 0 Å². The highest BCUT2D eigenvalue weighted by atomic mass is 14.6. The van der Waals surface area contributed by atoms with Crippen LogP contribution in [0.15, 0.2) is 28.9 Å². The van der Waals surface area contributed by atoms with Gasteiger partial charge in [0, 0.05) is 6.20 Å². The minimum absolute atomic E-state index is 1.13. The van der Waals surface area contributed by atoms with Gasteiger partial charge in [0.2, 0.25) is 0 Å². The van der Waals surface area contributed by atoms with Crippen molar-refractivity contribution in [2.45, 2.75) is 13.8 Å². The number of allylic oxidation sites excluding steroid dienone is 3. The second kappa shape index (κ2) is 4.31. The van der Waals surface area contributed by atoms with E-state index in [0.29, 0.717) is 0 Å². The summed E-state index contributed by atoms with van der Waals surface area (Å²) >= 11 is 0. The minimum Gasteiger partial charge on any atom is -0.272 e. The number of nitrogens with zero attached hydrogens (tertiary/aromatic N) is 1. The zero-order valence-electron chi connectivity index (χ0n) is 5.39. The molecule has 1 nitrogen and oxygen atoms in total. The maximum atomic E-state index is 3.59. The monoisotopic (exact) mass is 109 g/mol. The lowest BCUT2D eigenvalue weighted by Crippen LogP contribution is -1.62. The van der Waals surface area contributed by atoms with Crippen molar-refractivity contribution < 1.29 is 0 Å². The Bertz CT molecular complexity index is 120. The van der Waals surface area contributed by atoms with Crippen molar-refractivity contribution >= 4 is 6.72 Å². The minimum atomic E-state index is 1.13. The van der Waals surface area contributed by atoms with Crippen LogP contribution in [0.4, 0.5) is 0 Å². The third kappa shape index (κ3) is 3.34. The quantitative estimate of drug-likeness (QED) is 0.380. The molecule has 0 saturated heterocycles. The molecule has 0 aliphatic heterocycles. The number of hydrogen-bond acceptors (Lipinski definition) is 1. The van der Waals surface area contributed by atoms with Gasteiger partial charge in [-0.3, -0.25) is 4.99 Å². The second-order valence-corrected chi connectivity index (χ2v) is 1.56. The predicted molar refractivity (Wildman–Crippen MR) is 38.1 cm³/mol. The van der Waals surface area contributed by atoms with E-state index in [-0.39, 0.29) is 0 Å². The van der Waals surface area contributed by atoms with Gasteiger partial charge in [0.15, 0.2) is 0 Å². The maximum Gasteiger partial charge on any atom is 0.0289 e. The summed E-state index contributed by atoms with van der Waals surface area (Å²) in [7, 11) is 0. The normalized spacial score (nSPS) is 12.5. The molecule has 0 aromatic rings. The molecule has 0 saturated carbocycles. The lowest BCUT2D eigenvalue weighted by atomic mass is 10.3. The van der Waals surface area contributed by atoms with Gasteiger partial charge in [0.25, 0.3) is 0 Å². The molecule has 0 fully saturated rings. The summed E-state index contributed by atoms with van der Waals surface area (Å²) in [6.45, 7) is 7.28.